The minimum atomic E-state index is 0.610. The second kappa shape index (κ2) is 5.52. The molecule has 3 heteroatoms. The minimum Gasteiger partial charge on any atom is -0.359 e. The van der Waals surface area contributed by atoms with E-state index < -0.39 is 0 Å². The van der Waals surface area contributed by atoms with Gasteiger partial charge in [0.1, 0.15) is 0 Å². The Balaban J connectivity index is 1.42. The third kappa shape index (κ3) is 2.64. The Bertz CT molecular complexity index is 567. The molecule has 5 rings (SSSR count). The number of thiocarbonyl (C=S) groups is 1. The average molecular weight is 314 g/mol. The van der Waals surface area contributed by atoms with Crippen LogP contribution in [-0.2, 0) is 0 Å². The summed E-state index contributed by atoms with van der Waals surface area (Å²) in [6.45, 7) is 4.27. The quantitative estimate of drug-likeness (QED) is 0.791. The third-order valence-corrected chi connectivity index (χ3v) is 6.37. The minimum absolute atomic E-state index is 0.610. The van der Waals surface area contributed by atoms with Gasteiger partial charge in [-0.3, -0.25) is 0 Å². The molecule has 0 atom stereocenters. The van der Waals surface area contributed by atoms with E-state index in [-0.39, 0.29) is 0 Å². The normalized spacial score (nSPS) is 35.5. The Morgan fingerprint density at radius 2 is 1.64 bits per heavy atom. The van der Waals surface area contributed by atoms with E-state index in [1.165, 1.54) is 43.2 Å². The lowest BCUT2D eigenvalue weighted by Crippen LogP contribution is -2.56. The average Bonchev–Trinajstić information content (AvgIpc) is 2.45. The van der Waals surface area contributed by atoms with E-state index >= 15 is 0 Å². The van der Waals surface area contributed by atoms with Crippen LogP contribution in [0.2, 0.25) is 0 Å². The first kappa shape index (κ1) is 14.5. The van der Waals surface area contributed by atoms with Crippen LogP contribution in [0.25, 0.3) is 0 Å². The number of rotatable bonds is 2. The summed E-state index contributed by atoms with van der Waals surface area (Å²) in [6.07, 6.45) is 7.21. The van der Waals surface area contributed by atoms with Gasteiger partial charge in [0.25, 0.3) is 0 Å². The Labute approximate surface area is 139 Å². The maximum atomic E-state index is 5.61. The van der Waals surface area contributed by atoms with Gasteiger partial charge < -0.3 is 10.6 Å². The highest BCUT2D eigenvalue weighted by molar-refractivity contribution is 7.80. The topological polar surface area (TPSA) is 24.1 Å². The van der Waals surface area contributed by atoms with E-state index in [0.29, 0.717) is 6.04 Å². The van der Waals surface area contributed by atoms with Crippen molar-refractivity contribution in [3.05, 3.63) is 29.3 Å². The molecule has 4 aliphatic rings. The molecule has 0 aromatic heterocycles. The predicted octanol–water partition coefficient (Wildman–Crippen LogP) is 4.41. The van der Waals surface area contributed by atoms with Crippen LogP contribution in [0.15, 0.2) is 18.2 Å². The summed E-state index contributed by atoms with van der Waals surface area (Å²) in [4.78, 5) is 0. The van der Waals surface area contributed by atoms with E-state index in [9.17, 15) is 0 Å². The maximum Gasteiger partial charge on any atom is 0.171 e. The fourth-order valence-electron chi connectivity index (χ4n) is 5.42. The number of anilines is 1. The Hall–Kier alpha value is -1.09. The molecule has 0 saturated heterocycles. The Morgan fingerprint density at radius 1 is 1.00 bits per heavy atom. The monoisotopic (exact) mass is 314 g/mol. The first-order valence-electron chi connectivity index (χ1n) is 8.73. The zero-order valence-electron chi connectivity index (χ0n) is 13.6. The molecule has 2 nitrogen and oxygen atoms in total. The zero-order valence-corrected chi connectivity index (χ0v) is 14.4. The van der Waals surface area contributed by atoms with Crippen molar-refractivity contribution in [3.63, 3.8) is 0 Å². The van der Waals surface area contributed by atoms with Crippen molar-refractivity contribution in [2.24, 2.45) is 23.7 Å². The van der Waals surface area contributed by atoms with Crippen LogP contribution in [0.4, 0.5) is 5.69 Å². The number of hydrogen-bond acceptors (Lipinski definition) is 1. The summed E-state index contributed by atoms with van der Waals surface area (Å²) in [5.74, 6) is 3.74. The number of nitrogens with one attached hydrogen (secondary N) is 2. The highest BCUT2D eigenvalue weighted by Gasteiger charge is 2.48. The van der Waals surface area contributed by atoms with Crippen LogP contribution >= 0.6 is 12.2 Å². The van der Waals surface area contributed by atoms with Crippen LogP contribution in [0.5, 0.6) is 0 Å². The smallest absolute Gasteiger partial charge is 0.171 e. The fraction of sp³-hybridized carbons (Fsp3) is 0.632. The molecule has 4 bridgehead atoms. The van der Waals surface area contributed by atoms with Gasteiger partial charge in [-0.15, -0.1) is 0 Å². The van der Waals surface area contributed by atoms with Gasteiger partial charge in [0, 0.05) is 11.7 Å². The summed E-state index contributed by atoms with van der Waals surface area (Å²) in [6, 6.07) is 7.09. The van der Waals surface area contributed by atoms with Crippen molar-refractivity contribution in [1.29, 1.82) is 0 Å². The first-order valence-corrected chi connectivity index (χ1v) is 9.14. The summed E-state index contributed by atoms with van der Waals surface area (Å²) in [5, 5.41) is 7.90. The Morgan fingerprint density at radius 3 is 2.23 bits per heavy atom. The molecule has 118 valence electrons. The Kier molecular flexibility index (Phi) is 3.64. The van der Waals surface area contributed by atoms with E-state index in [1.54, 1.807) is 0 Å². The molecule has 4 aliphatic carbocycles. The van der Waals surface area contributed by atoms with Crippen LogP contribution in [0.3, 0.4) is 0 Å². The highest BCUT2D eigenvalue weighted by atomic mass is 32.1. The van der Waals surface area contributed by atoms with E-state index in [1.807, 2.05) is 0 Å². The first-order chi connectivity index (χ1) is 10.6. The maximum absolute atomic E-state index is 5.61. The predicted molar refractivity (Wildman–Crippen MR) is 96.1 cm³/mol. The molecule has 0 spiro atoms. The highest BCUT2D eigenvalue weighted by Crippen LogP contribution is 2.53. The summed E-state index contributed by atoms with van der Waals surface area (Å²) < 4.78 is 0. The molecular formula is C19H26N2S. The second-order valence-electron chi connectivity index (χ2n) is 7.87. The molecule has 22 heavy (non-hydrogen) atoms. The van der Waals surface area contributed by atoms with Gasteiger partial charge in [0.15, 0.2) is 5.11 Å². The molecule has 2 N–H and O–H groups in total. The van der Waals surface area contributed by atoms with Gasteiger partial charge in [-0.05, 0) is 93.5 Å². The largest absolute Gasteiger partial charge is 0.359 e. The van der Waals surface area contributed by atoms with E-state index in [0.717, 1.165) is 34.5 Å². The molecule has 0 unspecified atom stereocenters. The lowest BCUT2D eigenvalue weighted by Gasteiger charge is -2.54. The molecule has 0 aliphatic heterocycles. The summed E-state index contributed by atoms with van der Waals surface area (Å²) in [5.41, 5.74) is 3.68. The molecule has 1 aromatic carbocycles. The standard InChI is InChI=1S/C19H26N2S/c1-11-3-4-17(12(2)5-11)20-19(22)21-18-15-7-13-6-14(9-15)10-16(18)8-13/h3-5,13-16,18H,6-10H2,1-2H3,(H2,20,21,22). The van der Waals surface area contributed by atoms with Crippen LogP contribution in [0.1, 0.15) is 43.2 Å². The third-order valence-electron chi connectivity index (χ3n) is 6.15. The molecular weight excluding hydrogens is 288 g/mol. The second-order valence-corrected chi connectivity index (χ2v) is 8.28. The zero-order chi connectivity index (χ0) is 15.3. The van der Waals surface area contributed by atoms with Crippen molar-refractivity contribution >= 4 is 23.0 Å². The van der Waals surface area contributed by atoms with E-state index in [4.69, 9.17) is 12.2 Å². The number of aryl methyl sites for hydroxylation is 2. The van der Waals surface area contributed by atoms with Crippen molar-refractivity contribution in [2.75, 3.05) is 5.32 Å². The molecule has 1 aromatic rings. The molecule has 4 fully saturated rings. The van der Waals surface area contributed by atoms with E-state index in [2.05, 4.69) is 42.7 Å². The van der Waals surface area contributed by atoms with Gasteiger partial charge in [0.2, 0.25) is 0 Å². The van der Waals surface area contributed by atoms with Crippen molar-refractivity contribution < 1.29 is 0 Å². The number of benzene rings is 1. The lowest BCUT2D eigenvalue weighted by atomic mass is 9.54. The summed E-state index contributed by atoms with van der Waals surface area (Å²) in [7, 11) is 0. The lowest BCUT2D eigenvalue weighted by molar-refractivity contribution is -0.00665. The van der Waals surface area contributed by atoms with Gasteiger partial charge in [-0.25, -0.2) is 0 Å². The fourth-order valence-corrected chi connectivity index (χ4v) is 5.67. The van der Waals surface area contributed by atoms with Crippen molar-refractivity contribution in [1.82, 2.24) is 5.32 Å². The number of hydrogen-bond donors (Lipinski definition) is 2. The van der Waals surface area contributed by atoms with Crippen LogP contribution < -0.4 is 10.6 Å². The molecule has 0 amide bonds. The van der Waals surface area contributed by atoms with Crippen LogP contribution in [-0.4, -0.2) is 11.2 Å². The van der Waals surface area contributed by atoms with Crippen LogP contribution in [0, 0.1) is 37.5 Å². The van der Waals surface area contributed by atoms with Gasteiger partial charge in [0.05, 0.1) is 0 Å². The molecule has 4 saturated carbocycles. The van der Waals surface area contributed by atoms with Gasteiger partial charge in [-0.2, -0.15) is 0 Å². The van der Waals surface area contributed by atoms with Gasteiger partial charge in [-0.1, -0.05) is 17.7 Å². The SMILES string of the molecule is Cc1ccc(NC(=S)NC2C3CC4CC(C3)CC2C4)c(C)c1. The summed E-state index contributed by atoms with van der Waals surface area (Å²) >= 11 is 5.61. The van der Waals surface area contributed by atoms with Crippen molar-refractivity contribution in [2.45, 2.75) is 52.0 Å². The molecule has 0 radical (unpaired) electrons. The van der Waals surface area contributed by atoms with Gasteiger partial charge >= 0.3 is 0 Å². The van der Waals surface area contributed by atoms with Crippen molar-refractivity contribution in [3.8, 4) is 0 Å². The molecule has 0 heterocycles.